The molecule has 1 aromatic rings. The second-order valence-electron chi connectivity index (χ2n) is 1.80. The molecule has 11 heavy (non-hydrogen) atoms. The van der Waals surface area contributed by atoms with Gasteiger partial charge in [-0.05, 0) is 22.0 Å². The van der Waals surface area contributed by atoms with Crippen molar-refractivity contribution >= 4 is 15.9 Å². The van der Waals surface area contributed by atoms with Gasteiger partial charge < -0.3 is 0 Å². The number of alkyl halides is 2. The van der Waals surface area contributed by atoms with E-state index in [4.69, 9.17) is 0 Å². The Hall–Kier alpha value is -0.580. The van der Waals surface area contributed by atoms with Crippen LogP contribution in [0.4, 0.5) is 13.2 Å². The Morgan fingerprint density at radius 1 is 1.45 bits per heavy atom. The Kier molecular flexibility index (Phi) is 2.49. The fraction of sp³-hybridized carbons (Fsp3) is 0.167. The largest absolute Gasteiger partial charge is 0.269 e. The monoisotopic (exact) mass is 225 g/mol. The second-order valence-corrected chi connectivity index (χ2v) is 2.55. The predicted molar refractivity (Wildman–Crippen MR) is 36.9 cm³/mol. The Morgan fingerprint density at radius 3 is 2.45 bits per heavy atom. The predicted octanol–water partition coefficient (Wildman–Crippen LogP) is 2.92. The molecule has 0 N–H and O–H groups in total. The summed E-state index contributed by atoms with van der Waals surface area (Å²) in [6.45, 7) is 0. The molecule has 0 saturated heterocycles. The topological polar surface area (TPSA) is 12.9 Å². The molecule has 1 rings (SSSR count). The molecular formula is C6H3BrF3N. The summed E-state index contributed by atoms with van der Waals surface area (Å²) in [5.74, 6) is -0.943. The van der Waals surface area contributed by atoms with Crippen molar-refractivity contribution in [3.05, 3.63) is 28.2 Å². The van der Waals surface area contributed by atoms with Crippen LogP contribution in [-0.4, -0.2) is 4.98 Å². The highest BCUT2D eigenvalue weighted by Gasteiger charge is 2.17. The van der Waals surface area contributed by atoms with Crippen LogP contribution in [0.2, 0.25) is 0 Å². The number of hydrogen-bond donors (Lipinski definition) is 0. The minimum Gasteiger partial charge on any atom is -0.249 e. The highest BCUT2D eigenvalue weighted by atomic mass is 79.9. The van der Waals surface area contributed by atoms with Crippen LogP contribution in [0.5, 0.6) is 0 Å². The summed E-state index contributed by atoms with van der Waals surface area (Å²) >= 11 is 2.72. The van der Waals surface area contributed by atoms with Gasteiger partial charge >= 0.3 is 0 Å². The van der Waals surface area contributed by atoms with E-state index >= 15 is 0 Å². The number of nitrogens with zero attached hydrogens (tertiary/aromatic N) is 1. The van der Waals surface area contributed by atoms with Gasteiger partial charge in [-0.3, -0.25) is 0 Å². The molecule has 0 fully saturated rings. The highest BCUT2D eigenvalue weighted by molar-refractivity contribution is 9.10. The van der Waals surface area contributed by atoms with Gasteiger partial charge in [0.2, 0.25) is 0 Å². The third-order valence-corrected chi connectivity index (χ3v) is 1.74. The van der Waals surface area contributed by atoms with E-state index in [-0.39, 0.29) is 4.60 Å². The molecule has 0 aliphatic carbocycles. The normalized spacial score (nSPS) is 10.6. The van der Waals surface area contributed by atoms with Crippen molar-refractivity contribution < 1.29 is 13.2 Å². The molecule has 1 heterocycles. The molecule has 0 bridgehead atoms. The van der Waals surface area contributed by atoms with Crippen LogP contribution in [-0.2, 0) is 0 Å². The van der Waals surface area contributed by atoms with Crippen molar-refractivity contribution in [2.45, 2.75) is 6.43 Å². The van der Waals surface area contributed by atoms with Crippen molar-refractivity contribution in [2.75, 3.05) is 0 Å². The molecule has 0 radical (unpaired) electrons. The third-order valence-electron chi connectivity index (χ3n) is 1.11. The molecule has 0 saturated carbocycles. The highest BCUT2D eigenvalue weighted by Crippen LogP contribution is 2.27. The van der Waals surface area contributed by atoms with Gasteiger partial charge in [-0.25, -0.2) is 18.2 Å². The summed E-state index contributed by atoms with van der Waals surface area (Å²) in [5, 5.41) is 0. The summed E-state index contributed by atoms with van der Waals surface area (Å²) in [7, 11) is 0. The van der Waals surface area contributed by atoms with Crippen molar-refractivity contribution in [1.29, 1.82) is 0 Å². The Morgan fingerprint density at radius 2 is 2.09 bits per heavy atom. The van der Waals surface area contributed by atoms with Gasteiger partial charge in [0, 0.05) is 6.20 Å². The molecule has 0 aliphatic rings. The minimum absolute atomic E-state index is 0.146. The van der Waals surface area contributed by atoms with Crippen LogP contribution in [0.3, 0.4) is 0 Å². The SMILES string of the molecule is Fc1ccnc(Br)c1C(F)F. The first-order valence-electron chi connectivity index (χ1n) is 2.71. The Labute approximate surface area is 69.4 Å². The maximum absolute atomic E-state index is 12.6. The summed E-state index contributed by atoms with van der Waals surface area (Å²) in [6.07, 6.45) is -1.72. The molecule has 0 atom stereocenters. The van der Waals surface area contributed by atoms with E-state index in [0.717, 1.165) is 12.3 Å². The molecule has 5 heteroatoms. The molecule has 0 unspecified atom stereocenters. The van der Waals surface area contributed by atoms with Crippen LogP contribution < -0.4 is 0 Å². The van der Waals surface area contributed by atoms with Crippen LogP contribution in [0.15, 0.2) is 16.9 Å². The lowest BCUT2D eigenvalue weighted by Gasteiger charge is -2.01. The van der Waals surface area contributed by atoms with Crippen molar-refractivity contribution in [1.82, 2.24) is 4.98 Å². The molecule has 1 nitrogen and oxygen atoms in total. The van der Waals surface area contributed by atoms with E-state index < -0.39 is 17.8 Å². The van der Waals surface area contributed by atoms with Crippen molar-refractivity contribution in [3.8, 4) is 0 Å². The zero-order chi connectivity index (χ0) is 8.43. The fourth-order valence-corrected chi connectivity index (χ4v) is 1.10. The van der Waals surface area contributed by atoms with E-state index in [0.29, 0.717) is 0 Å². The summed E-state index contributed by atoms with van der Waals surface area (Å²) in [6, 6.07) is 0.895. The molecular weight excluding hydrogens is 223 g/mol. The summed E-state index contributed by atoms with van der Waals surface area (Å²) in [4.78, 5) is 3.46. The van der Waals surface area contributed by atoms with E-state index in [1.165, 1.54) is 0 Å². The Balaban J connectivity index is 3.21. The quantitative estimate of drug-likeness (QED) is 0.671. The first-order valence-corrected chi connectivity index (χ1v) is 3.50. The molecule has 0 amide bonds. The maximum Gasteiger partial charge on any atom is 0.269 e. The molecule has 60 valence electrons. The second kappa shape index (κ2) is 3.21. The van der Waals surface area contributed by atoms with Gasteiger partial charge in [0.15, 0.2) is 0 Å². The van der Waals surface area contributed by atoms with Crippen molar-refractivity contribution in [3.63, 3.8) is 0 Å². The number of aromatic nitrogens is 1. The zero-order valence-corrected chi connectivity index (χ0v) is 6.78. The van der Waals surface area contributed by atoms with E-state index in [9.17, 15) is 13.2 Å². The third kappa shape index (κ3) is 1.71. The van der Waals surface area contributed by atoms with Crippen LogP contribution in [0.25, 0.3) is 0 Å². The number of pyridine rings is 1. The smallest absolute Gasteiger partial charge is 0.249 e. The number of rotatable bonds is 1. The van der Waals surface area contributed by atoms with Gasteiger partial charge in [-0.1, -0.05) is 0 Å². The lowest BCUT2D eigenvalue weighted by Crippen LogP contribution is -1.93. The van der Waals surface area contributed by atoms with Crippen LogP contribution >= 0.6 is 15.9 Å². The molecule has 0 aliphatic heterocycles. The van der Waals surface area contributed by atoms with Gasteiger partial charge in [0.25, 0.3) is 6.43 Å². The van der Waals surface area contributed by atoms with Crippen LogP contribution in [0.1, 0.15) is 12.0 Å². The first kappa shape index (κ1) is 8.52. The average Bonchev–Trinajstić information content (AvgIpc) is 1.85. The molecule has 0 aromatic carbocycles. The minimum atomic E-state index is -2.84. The lowest BCUT2D eigenvalue weighted by molar-refractivity contribution is 0.145. The Bertz CT molecular complexity index is 244. The summed E-state index contributed by atoms with van der Waals surface area (Å²) < 4.78 is 36.4. The first-order chi connectivity index (χ1) is 5.13. The standard InChI is InChI=1S/C6H3BrF3N/c7-5-4(6(9)10)3(8)1-2-11-5/h1-2,6H. The van der Waals surface area contributed by atoms with E-state index in [1.807, 2.05) is 0 Å². The lowest BCUT2D eigenvalue weighted by atomic mass is 10.3. The van der Waals surface area contributed by atoms with Gasteiger partial charge in [0.1, 0.15) is 10.4 Å². The molecule has 0 spiro atoms. The van der Waals surface area contributed by atoms with Gasteiger partial charge in [0.05, 0.1) is 5.56 Å². The fourth-order valence-electron chi connectivity index (χ4n) is 0.620. The van der Waals surface area contributed by atoms with Gasteiger partial charge in [-0.2, -0.15) is 0 Å². The average molecular weight is 226 g/mol. The molecule has 1 aromatic heterocycles. The zero-order valence-electron chi connectivity index (χ0n) is 5.19. The summed E-state index contributed by atoms with van der Waals surface area (Å²) in [5.41, 5.74) is -0.687. The van der Waals surface area contributed by atoms with E-state index in [1.54, 1.807) is 0 Å². The van der Waals surface area contributed by atoms with Crippen LogP contribution in [0, 0.1) is 5.82 Å². The number of hydrogen-bond acceptors (Lipinski definition) is 1. The van der Waals surface area contributed by atoms with Crippen molar-refractivity contribution in [2.24, 2.45) is 0 Å². The number of halogens is 4. The maximum atomic E-state index is 12.6. The van der Waals surface area contributed by atoms with E-state index in [2.05, 4.69) is 20.9 Å². The van der Waals surface area contributed by atoms with Gasteiger partial charge in [-0.15, -0.1) is 0 Å².